The van der Waals surface area contributed by atoms with Crippen LogP contribution in [0.4, 0.5) is 0 Å². The predicted molar refractivity (Wildman–Crippen MR) is 72.6 cm³/mol. The highest BCUT2D eigenvalue weighted by atomic mass is 16.4. The second-order valence-electron chi connectivity index (χ2n) is 3.85. The van der Waals surface area contributed by atoms with Gasteiger partial charge in [0.2, 0.25) is 11.2 Å². The van der Waals surface area contributed by atoms with Gasteiger partial charge in [-0.05, 0) is 26.0 Å². The molecule has 0 bridgehead atoms. The van der Waals surface area contributed by atoms with Gasteiger partial charge in [0.05, 0.1) is 5.39 Å². The highest BCUT2D eigenvalue weighted by molar-refractivity contribution is 5.82. The van der Waals surface area contributed by atoms with Gasteiger partial charge in [0.1, 0.15) is 5.58 Å². The summed E-state index contributed by atoms with van der Waals surface area (Å²) in [7, 11) is 0. The van der Waals surface area contributed by atoms with Crippen LogP contribution in [-0.2, 0) is 0 Å². The van der Waals surface area contributed by atoms with Crippen LogP contribution < -0.4 is 5.43 Å². The SMILES string of the molecule is C/C=C\C(=C/C)c1oc2ccccc2c(=O)c1O. The van der Waals surface area contributed by atoms with Crippen molar-refractivity contribution in [1.82, 2.24) is 0 Å². The van der Waals surface area contributed by atoms with Gasteiger partial charge in [0.15, 0.2) is 5.76 Å². The normalized spacial score (nSPS) is 12.4. The van der Waals surface area contributed by atoms with Crippen LogP contribution in [0.3, 0.4) is 0 Å². The molecule has 0 radical (unpaired) electrons. The lowest BCUT2D eigenvalue weighted by Crippen LogP contribution is -2.03. The van der Waals surface area contributed by atoms with E-state index in [1.165, 1.54) is 0 Å². The Bertz CT molecular complexity index is 690. The topological polar surface area (TPSA) is 50.4 Å². The molecule has 18 heavy (non-hydrogen) atoms. The molecular formula is C15H14O3. The van der Waals surface area contributed by atoms with Gasteiger partial charge in [0.25, 0.3) is 0 Å². The number of aromatic hydroxyl groups is 1. The Hall–Kier alpha value is -2.29. The number of para-hydroxylation sites is 1. The first-order chi connectivity index (χ1) is 8.69. The molecule has 3 nitrogen and oxygen atoms in total. The fourth-order valence-electron chi connectivity index (χ4n) is 1.81. The molecule has 0 saturated carbocycles. The summed E-state index contributed by atoms with van der Waals surface area (Å²) in [5, 5.41) is 10.3. The van der Waals surface area contributed by atoms with E-state index in [2.05, 4.69) is 0 Å². The molecule has 0 aliphatic carbocycles. The van der Waals surface area contributed by atoms with Crippen LogP contribution >= 0.6 is 0 Å². The third kappa shape index (κ3) is 1.95. The first-order valence-corrected chi connectivity index (χ1v) is 5.73. The quantitative estimate of drug-likeness (QED) is 0.820. The van der Waals surface area contributed by atoms with Gasteiger partial charge in [-0.15, -0.1) is 0 Å². The molecule has 3 heteroatoms. The number of hydrogen-bond donors (Lipinski definition) is 1. The van der Waals surface area contributed by atoms with Crippen molar-refractivity contribution < 1.29 is 9.52 Å². The van der Waals surface area contributed by atoms with Gasteiger partial charge >= 0.3 is 0 Å². The Labute approximate surface area is 105 Å². The Kier molecular flexibility index (Phi) is 3.33. The summed E-state index contributed by atoms with van der Waals surface area (Å²) in [6.07, 6.45) is 5.39. The van der Waals surface area contributed by atoms with Crippen LogP contribution in [0.25, 0.3) is 16.5 Å². The summed E-state index contributed by atoms with van der Waals surface area (Å²) in [5.74, 6) is -0.140. The molecule has 0 unspecified atom stereocenters. The van der Waals surface area contributed by atoms with Crippen LogP contribution in [0.1, 0.15) is 19.6 Å². The van der Waals surface area contributed by atoms with Crippen molar-refractivity contribution in [2.45, 2.75) is 13.8 Å². The van der Waals surface area contributed by atoms with E-state index in [0.29, 0.717) is 16.5 Å². The summed E-state index contributed by atoms with van der Waals surface area (Å²) in [5.41, 5.74) is 0.743. The van der Waals surface area contributed by atoms with Crippen LogP contribution in [0, 0.1) is 0 Å². The lowest BCUT2D eigenvalue weighted by atomic mass is 10.1. The number of allylic oxidation sites excluding steroid dienone is 4. The standard InChI is InChI=1S/C15H14O3/c1-3-7-10(4-2)15-14(17)13(16)11-8-5-6-9-12(11)18-15/h3-9,17H,1-2H3/b7-3-,10-4+. The molecule has 92 valence electrons. The minimum absolute atomic E-state index is 0.208. The summed E-state index contributed by atoms with van der Waals surface area (Å²) in [4.78, 5) is 12.0. The van der Waals surface area contributed by atoms with Crippen LogP contribution in [-0.4, -0.2) is 5.11 Å². The molecule has 1 N–H and O–H groups in total. The summed E-state index contributed by atoms with van der Waals surface area (Å²) in [6.45, 7) is 3.68. The van der Waals surface area contributed by atoms with E-state index in [1.54, 1.807) is 36.4 Å². The fourth-order valence-corrected chi connectivity index (χ4v) is 1.81. The van der Waals surface area contributed by atoms with E-state index >= 15 is 0 Å². The average Bonchev–Trinajstić information content (AvgIpc) is 2.40. The number of rotatable bonds is 2. The molecule has 0 aliphatic rings. The number of hydrogen-bond acceptors (Lipinski definition) is 3. The van der Waals surface area contributed by atoms with Gasteiger partial charge in [-0.2, -0.15) is 0 Å². The van der Waals surface area contributed by atoms with E-state index in [9.17, 15) is 9.90 Å². The molecule has 1 aromatic carbocycles. The molecule has 0 atom stereocenters. The second kappa shape index (κ2) is 4.92. The third-order valence-electron chi connectivity index (χ3n) is 2.69. The zero-order chi connectivity index (χ0) is 13.1. The number of benzene rings is 1. The molecule has 1 aromatic heterocycles. The van der Waals surface area contributed by atoms with Crippen molar-refractivity contribution in [3.63, 3.8) is 0 Å². The Balaban J connectivity index is 2.81. The average molecular weight is 242 g/mol. The van der Waals surface area contributed by atoms with E-state index < -0.39 is 5.43 Å². The van der Waals surface area contributed by atoms with Gasteiger partial charge in [0, 0.05) is 5.57 Å². The molecule has 0 saturated heterocycles. The van der Waals surface area contributed by atoms with E-state index in [0.717, 1.165) is 0 Å². The minimum atomic E-state index is -0.407. The molecular weight excluding hydrogens is 228 g/mol. The molecule has 0 aliphatic heterocycles. The lowest BCUT2D eigenvalue weighted by molar-refractivity contribution is 0.436. The smallest absolute Gasteiger partial charge is 0.235 e. The van der Waals surface area contributed by atoms with Crippen LogP contribution in [0.2, 0.25) is 0 Å². The predicted octanol–water partition coefficient (Wildman–Crippen LogP) is 3.48. The van der Waals surface area contributed by atoms with Crippen molar-refractivity contribution in [1.29, 1.82) is 0 Å². The van der Waals surface area contributed by atoms with Gasteiger partial charge in [-0.1, -0.05) is 30.4 Å². The van der Waals surface area contributed by atoms with Crippen molar-refractivity contribution in [3.8, 4) is 5.75 Å². The van der Waals surface area contributed by atoms with Crippen molar-refractivity contribution in [2.75, 3.05) is 0 Å². The van der Waals surface area contributed by atoms with Crippen molar-refractivity contribution >= 4 is 16.5 Å². The van der Waals surface area contributed by atoms with Gasteiger partial charge < -0.3 is 9.52 Å². The summed E-state index contributed by atoms with van der Waals surface area (Å²) < 4.78 is 5.61. The zero-order valence-corrected chi connectivity index (χ0v) is 10.3. The summed E-state index contributed by atoms with van der Waals surface area (Å²) in [6, 6.07) is 6.87. The highest BCUT2D eigenvalue weighted by Crippen LogP contribution is 2.27. The molecule has 0 spiro atoms. The van der Waals surface area contributed by atoms with E-state index in [-0.39, 0.29) is 11.5 Å². The summed E-state index contributed by atoms with van der Waals surface area (Å²) >= 11 is 0. The van der Waals surface area contributed by atoms with E-state index in [1.807, 2.05) is 19.9 Å². The highest BCUT2D eigenvalue weighted by Gasteiger charge is 2.14. The first-order valence-electron chi connectivity index (χ1n) is 5.73. The number of fused-ring (bicyclic) bond motifs is 1. The van der Waals surface area contributed by atoms with Gasteiger partial charge in [-0.25, -0.2) is 0 Å². The Morgan fingerprint density at radius 1 is 1.28 bits per heavy atom. The maximum absolute atomic E-state index is 12.0. The van der Waals surface area contributed by atoms with Crippen molar-refractivity contribution in [2.24, 2.45) is 0 Å². The van der Waals surface area contributed by atoms with Crippen molar-refractivity contribution in [3.05, 3.63) is 58.5 Å². The zero-order valence-electron chi connectivity index (χ0n) is 10.3. The molecule has 2 aromatic rings. The monoisotopic (exact) mass is 242 g/mol. The Morgan fingerprint density at radius 2 is 2.00 bits per heavy atom. The van der Waals surface area contributed by atoms with E-state index in [4.69, 9.17) is 4.42 Å². The Morgan fingerprint density at radius 3 is 2.67 bits per heavy atom. The second-order valence-corrected chi connectivity index (χ2v) is 3.85. The largest absolute Gasteiger partial charge is 0.502 e. The molecule has 0 amide bonds. The van der Waals surface area contributed by atoms with Crippen LogP contribution in [0.5, 0.6) is 5.75 Å². The third-order valence-corrected chi connectivity index (χ3v) is 2.69. The fraction of sp³-hybridized carbons (Fsp3) is 0.133. The van der Waals surface area contributed by atoms with Gasteiger partial charge in [-0.3, -0.25) is 4.79 Å². The minimum Gasteiger partial charge on any atom is -0.502 e. The molecule has 0 fully saturated rings. The maximum Gasteiger partial charge on any atom is 0.235 e. The molecule has 2 rings (SSSR count). The van der Waals surface area contributed by atoms with Crippen LogP contribution in [0.15, 0.2) is 51.7 Å². The maximum atomic E-state index is 12.0. The first kappa shape index (κ1) is 12.2. The lowest BCUT2D eigenvalue weighted by Gasteiger charge is -2.06. The molecule has 1 heterocycles.